The molecule has 126 valence electrons. The molecule has 2 aliphatic carbocycles. The monoisotopic (exact) mass is 390 g/mol. The summed E-state index contributed by atoms with van der Waals surface area (Å²) in [6, 6.07) is 6.43. The fourth-order valence-corrected chi connectivity index (χ4v) is 4.98. The standard InChI is InChI=1S/C18H19BrN2O3/c1-9(16(22)20-13-6-4-12(19)5-7-13)21-17(23)14-10-2-3-11(8-10)15(14)18(21)24/h4-7,9-11,14-15H,2-3,8H2,1H3,(H,20,22)/t9-,10-,11+,14+,15+/m1/s1. The third kappa shape index (κ3) is 2.31. The van der Waals surface area contributed by atoms with Gasteiger partial charge in [-0.05, 0) is 62.3 Å². The highest BCUT2D eigenvalue weighted by Gasteiger charge is 2.62. The summed E-state index contributed by atoms with van der Waals surface area (Å²) in [5.41, 5.74) is 0.648. The molecule has 1 heterocycles. The summed E-state index contributed by atoms with van der Waals surface area (Å²) < 4.78 is 0.918. The summed E-state index contributed by atoms with van der Waals surface area (Å²) >= 11 is 3.34. The number of nitrogens with zero attached hydrogens (tertiary/aromatic N) is 1. The van der Waals surface area contributed by atoms with E-state index in [1.807, 2.05) is 12.1 Å². The Kier molecular flexibility index (Phi) is 3.75. The average Bonchev–Trinajstić information content (AvgIpc) is 3.23. The third-order valence-electron chi connectivity index (χ3n) is 5.84. The number of nitrogens with one attached hydrogen (secondary N) is 1. The summed E-state index contributed by atoms with van der Waals surface area (Å²) in [6.07, 6.45) is 3.08. The lowest BCUT2D eigenvalue weighted by Gasteiger charge is -2.23. The molecule has 1 aliphatic heterocycles. The van der Waals surface area contributed by atoms with Crippen LogP contribution in [0.25, 0.3) is 0 Å². The van der Waals surface area contributed by atoms with Crippen LogP contribution in [0.2, 0.25) is 0 Å². The van der Waals surface area contributed by atoms with Crippen molar-refractivity contribution in [2.24, 2.45) is 23.7 Å². The van der Waals surface area contributed by atoms with Gasteiger partial charge < -0.3 is 5.32 Å². The zero-order chi connectivity index (χ0) is 17.0. The molecular formula is C18H19BrN2O3. The Hall–Kier alpha value is -1.69. The number of anilines is 1. The van der Waals surface area contributed by atoms with Crippen LogP contribution in [0.4, 0.5) is 5.69 Å². The van der Waals surface area contributed by atoms with Gasteiger partial charge in [0.25, 0.3) is 0 Å². The van der Waals surface area contributed by atoms with Gasteiger partial charge in [0.15, 0.2) is 0 Å². The molecular weight excluding hydrogens is 372 g/mol. The van der Waals surface area contributed by atoms with Crippen LogP contribution in [0.5, 0.6) is 0 Å². The van der Waals surface area contributed by atoms with E-state index in [4.69, 9.17) is 0 Å². The quantitative estimate of drug-likeness (QED) is 0.806. The van der Waals surface area contributed by atoms with E-state index in [0.717, 1.165) is 23.7 Å². The van der Waals surface area contributed by atoms with Crippen LogP contribution < -0.4 is 5.32 Å². The van der Waals surface area contributed by atoms with Crippen LogP contribution in [-0.2, 0) is 14.4 Å². The molecule has 3 fully saturated rings. The molecule has 1 saturated heterocycles. The number of amides is 3. The summed E-state index contributed by atoms with van der Waals surface area (Å²) in [5, 5.41) is 2.78. The van der Waals surface area contributed by atoms with Gasteiger partial charge in [-0.1, -0.05) is 15.9 Å². The number of carbonyl (C=O) groups is 3. The van der Waals surface area contributed by atoms with Gasteiger partial charge >= 0.3 is 0 Å². The van der Waals surface area contributed by atoms with Gasteiger partial charge in [-0.3, -0.25) is 19.3 Å². The Morgan fingerprint density at radius 1 is 1.12 bits per heavy atom. The topological polar surface area (TPSA) is 66.5 Å². The highest BCUT2D eigenvalue weighted by molar-refractivity contribution is 9.10. The Morgan fingerprint density at radius 2 is 1.67 bits per heavy atom. The molecule has 0 aromatic heterocycles. The molecule has 1 aromatic carbocycles. The number of fused-ring (bicyclic) bond motifs is 5. The van der Waals surface area contributed by atoms with Crippen molar-refractivity contribution in [3.05, 3.63) is 28.7 Å². The minimum atomic E-state index is -0.779. The first-order valence-electron chi connectivity index (χ1n) is 8.40. The predicted octanol–water partition coefficient (Wildman–Crippen LogP) is 2.81. The number of imide groups is 1. The number of hydrogen-bond acceptors (Lipinski definition) is 3. The van der Waals surface area contributed by atoms with Crippen molar-refractivity contribution < 1.29 is 14.4 Å². The number of halogens is 1. The fourth-order valence-electron chi connectivity index (χ4n) is 4.71. The van der Waals surface area contributed by atoms with Gasteiger partial charge in [0.1, 0.15) is 6.04 Å². The van der Waals surface area contributed by atoms with Crippen molar-refractivity contribution >= 4 is 39.3 Å². The molecule has 0 spiro atoms. The largest absolute Gasteiger partial charge is 0.324 e. The number of benzene rings is 1. The molecule has 0 unspecified atom stereocenters. The minimum Gasteiger partial charge on any atom is -0.324 e. The van der Waals surface area contributed by atoms with Gasteiger partial charge in [-0.15, -0.1) is 0 Å². The van der Waals surface area contributed by atoms with Gasteiger partial charge in [-0.25, -0.2) is 0 Å². The van der Waals surface area contributed by atoms with Crippen molar-refractivity contribution in [3.63, 3.8) is 0 Å². The van der Waals surface area contributed by atoms with E-state index in [-0.39, 0.29) is 29.6 Å². The maximum absolute atomic E-state index is 12.7. The molecule has 5 atom stereocenters. The molecule has 1 aromatic rings. The highest BCUT2D eigenvalue weighted by atomic mass is 79.9. The van der Waals surface area contributed by atoms with Crippen LogP contribution >= 0.6 is 15.9 Å². The Labute approximate surface area is 148 Å². The molecule has 0 radical (unpaired) electrons. The van der Waals surface area contributed by atoms with Crippen molar-refractivity contribution in [1.82, 2.24) is 4.90 Å². The fraction of sp³-hybridized carbons (Fsp3) is 0.500. The molecule has 3 amide bonds. The van der Waals surface area contributed by atoms with Gasteiger partial charge in [0, 0.05) is 10.2 Å². The Bertz CT molecular complexity index is 689. The molecule has 24 heavy (non-hydrogen) atoms. The zero-order valence-corrected chi connectivity index (χ0v) is 15.0. The molecule has 5 nitrogen and oxygen atoms in total. The van der Waals surface area contributed by atoms with Crippen molar-refractivity contribution in [2.75, 3.05) is 5.32 Å². The third-order valence-corrected chi connectivity index (χ3v) is 6.37. The summed E-state index contributed by atoms with van der Waals surface area (Å²) in [4.78, 5) is 39.2. The van der Waals surface area contributed by atoms with Gasteiger partial charge in [0.2, 0.25) is 17.7 Å². The molecule has 3 aliphatic rings. The van der Waals surface area contributed by atoms with Crippen molar-refractivity contribution in [3.8, 4) is 0 Å². The maximum Gasteiger partial charge on any atom is 0.247 e. The first-order valence-corrected chi connectivity index (χ1v) is 9.20. The number of hydrogen-bond donors (Lipinski definition) is 1. The van der Waals surface area contributed by atoms with E-state index < -0.39 is 6.04 Å². The van der Waals surface area contributed by atoms with Crippen LogP contribution in [0, 0.1) is 23.7 Å². The summed E-state index contributed by atoms with van der Waals surface area (Å²) in [5.74, 6) is -0.303. The smallest absolute Gasteiger partial charge is 0.247 e. The highest BCUT2D eigenvalue weighted by Crippen LogP contribution is 2.56. The second-order valence-electron chi connectivity index (χ2n) is 7.10. The Morgan fingerprint density at radius 3 is 2.21 bits per heavy atom. The number of rotatable bonds is 3. The second-order valence-corrected chi connectivity index (χ2v) is 8.02. The lowest BCUT2D eigenvalue weighted by Crippen LogP contribution is -2.46. The van der Waals surface area contributed by atoms with Crippen LogP contribution in [-0.4, -0.2) is 28.7 Å². The number of carbonyl (C=O) groups excluding carboxylic acids is 3. The van der Waals surface area contributed by atoms with E-state index in [0.29, 0.717) is 17.5 Å². The van der Waals surface area contributed by atoms with Gasteiger partial charge in [0.05, 0.1) is 11.8 Å². The predicted molar refractivity (Wildman–Crippen MR) is 91.9 cm³/mol. The van der Waals surface area contributed by atoms with E-state index in [1.165, 1.54) is 4.90 Å². The molecule has 2 bridgehead atoms. The van der Waals surface area contributed by atoms with Gasteiger partial charge in [-0.2, -0.15) is 0 Å². The normalized spacial score (nSPS) is 32.2. The van der Waals surface area contributed by atoms with Crippen LogP contribution in [0.15, 0.2) is 28.7 Å². The maximum atomic E-state index is 12.7. The molecule has 2 saturated carbocycles. The van der Waals surface area contributed by atoms with Crippen molar-refractivity contribution in [1.29, 1.82) is 0 Å². The first-order chi connectivity index (χ1) is 11.5. The van der Waals surface area contributed by atoms with E-state index >= 15 is 0 Å². The zero-order valence-electron chi connectivity index (χ0n) is 13.4. The lowest BCUT2D eigenvalue weighted by molar-refractivity contribution is -0.146. The van der Waals surface area contributed by atoms with Crippen LogP contribution in [0.1, 0.15) is 26.2 Å². The molecule has 4 rings (SSSR count). The van der Waals surface area contributed by atoms with E-state index in [9.17, 15) is 14.4 Å². The Balaban J connectivity index is 1.51. The molecule has 6 heteroatoms. The van der Waals surface area contributed by atoms with E-state index in [1.54, 1.807) is 19.1 Å². The summed E-state index contributed by atoms with van der Waals surface area (Å²) in [6.45, 7) is 1.63. The summed E-state index contributed by atoms with van der Waals surface area (Å²) in [7, 11) is 0. The second kappa shape index (κ2) is 5.69. The number of likely N-dealkylation sites (tertiary alicyclic amines) is 1. The average molecular weight is 391 g/mol. The van der Waals surface area contributed by atoms with Crippen molar-refractivity contribution in [2.45, 2.75) is 32.2 Å². The lowest BCUT2D eigenvalue weighted by atomic mass is 9.81. The SMILES string of the molecule is C[C@H](C(=O)Nc1ccc(Br)cc1)N1C(=O)[C@H]2[C@@H]3CC[C@@H](C3)[C@@H]2C1=O. The van der Waals surface area contributed by atoms with E-state index in [2.05, 4.69) is 21.2 Å². The van der Waals surface area contributed by atoms with Crippen LogP contribution in [0.3, 0.4) is 0 Å². The first kappa shape index (κ1) is 15.8. The molecule has 1 N–H and O–H groups in total. The minimum absolute atomic E-state index is 0.143.